The number of hydrogen-bond acceptors (Lipinski definition) is 5. The lowest BCUT2D eigenvalue weighted by Crippen LogP contribution is -2.09. The smallest absolute Gasteiger partial charge is 0.224 e. The van der Waals surface area contributed by atoms with Crippen LogP contribution < -0.4 is 14.8 Å². The molecule has 0 saturated carbocycles. The van der Waals surface area contributed by atoms with Gasteiger partial charge in [-0.15, -0.1) is 0 Å². The van der Waals surface area contributed by atoms with Crippen LogP contribution in [0.2, 0.25) is 5.28 Å². The van der Waals surface area contributed by atoms with Crippen LogP contribution in [0.3, 0.4) is 0 Å². The summed E-state index contributed by atoms with van der Waals surface area (Å²) in [5, 5.41) is 4.45. The first-order chi connectivity index (χ1) is 14.6. The number of fused-ring (bicyclic) bond motifs is 1. The van der Waals surface area contributed by atoms with E-state index in [1.54, 1.807) is 20.3 Å². The third-order valence-corrected chi connectivity index (χ3v) is 5.19. The zero-order valence-corrected chi connectivity index (χ0v) is 17.8. The predicted octanol–water partition coefficient (Wildman–Crippen LogP) is 6.14. The molecule has 0 fully saturated rings. The summed E-state index contributed by atoms with van der Waals surface area (Å²) in [5.74, 6) is 1.84. The van der Waals surface area contributed by atoms with Crippen molar-refractivity contribution in [3.8, 4) is 22.6 Å². The third-order valence-electron chi connectivity index (χ3n) is 5.02. The summed E-state index contributed by atoms with van der Waals surface area (Å²) in [7, 11) is 3.19. The van der Waals surface area contributed by atoms with Crippen molar-refractivity contribution in [1.82, 2.24) is 9.97 Å². The van der Waals surface area contributed by atoms with Gasteiger partial charge in [-0.1, -0.05) is 48.5 Å². The molecule has 5 nitrogen and oxygen atoms in total. The zero-order chi connectivity index (χ0) is 21.1. The van der Waals surface area contributed by atoms with Gasteiger partial charge in [0.1, 0.15) is 5.82 Å². The minimum absolute atomic E-state index is 0.00377. The lowest BCUT2D eigenvalue weighted by Gasteiger charge is -2.18. The van der Waals surface area contributed by atoms with Gasteiger partial charge in [-0.2, -0.15) is 0 Å². The van der Waals surface area contributed by atoms with Gasteiger partial charge in [0.15, 0.2) is 11.5 Å². The van der Waals surface area contributed by atoms with Crippen LogP contribution >= 0.6 is 11.6 Å². The van der Waals surface area contributed by atoms with E-state index in [9.17, 15) is 0 Å². The molecule has 152 valence electrons. The van der Waals surface area contributed by atoms with Gasteiger partial charge < -0.3 is 14.8 Å². The van der Waals surface area contributed by atoms with E-state index in [0.29, 0.717) is 22.8 Å². The highest BCUT2D eigenvalue weighted by Crippen LogP contribution is 2.35. The third kappa shape index (κ3) is 4.02. The monoisotopic (exact) mass is 419 g/mol. The van der Waals surface area contributed by atoms with Crippen LogP contribution in [-0.4, -0.2) is 24.2 Å². The van der Waals surface area contributed by atoms with E-state index in [4.69, 9.17) is 21.1 Å². The molecule has 0 radical (unpaired) electrons. The van der Waals surface area contributed by atoms with Crippen molar-refractivity contribution in [3.05, 3.63) is 77.6 Å². The van der Waals surface area contributed by atoms with E-state index in [0.717, 1.165) is 10.9 Å². The summed E-state index contributed by atoms with van der Waals surface area (Å²) in [6.45, 7) is 2.09. The van der Waals surface area contributed by atoms with Crippen LogP contribution in [0.1, 0.15) is 18.5 Å². The zero-order valence-electron chi connectivity index (χ0n) is 17.0. The maximum Gasteiger partial charge on any atom is 0.224 e. The van der Waals surface area contributed by atoms with E-state index in [1.807, 2.05) is 24.3 Å². The fourth-order valence-corrected chi connectivity index (χ4v) is 3.62. The number of methoxy groups -OCH3 is 2. The first-order valence-electron chi connectivity index (χ1n) is 9.60. The Kier molecular flexibility index (Phi) is 5.72. The highest BCUT2D eigenvalue weighted by molar-refractivity contribution is 6.28. The first kappa shape index (κ1) is 20.0. The number of nitrogens with zero attached hydrogens (tertiary/aromatic N) is 2. The van der Waals surface area contributed by atoms with Crippen LogP contribution in [-0.2, 0) is 0 Å². The Morgan fingerprint density at radius 2 is 1.53 bits per heavy atom. The van der Waals surface area contributed by atoms with Gasteiger partial charge >= 0.3 is 0 Å². The van der Waals surface area contributed by atoms with E-state index in [2.05, 4.69) is 58.6 Å². The van der Waals surface area contributed by atoms with Crippen LogP contribution in [0.4, 0.5) is 5.82 Å². The van der Waals surface area contributed by atoms with Crippen molar-refractivity contribution in [2.24, 2.45) is 0 Å². The number of anilines is 1. The molecule has 1 heterocycles. The molecule has 0 amide bonds. The van der Waals surface area contributed by atoms with E-state index in [-0.39, 0.29) is 11.3 Å². The van der Waals surface area contributed by atoms with Gasteiger partial charge in [0.2, 0.25) is 5.28 Å². The summed E-state index contributed by atoms with van der Waals surface area (Å²) in [6.07, 6.45) is 0. The number of halogens is 1. The maximum atomic E-state index is 6.19. The molecule has 6 heteroatoms. The lowest BCUT2D eigenvalue weighted by atomic mass is 10.00. The number of aromatic nitrogens is 2. The van der Waals surface area contributed by atoms with Crippen molar-refractivity contribution < 1.29 is 9.47 Å². The Hall–Kier alpha value is -3.31. The molecular weight excluding hydrogens is 398 g/mol. The first-order valence-corrected chi connectivity index (χ1v) is 9.98. The number of benzene rings is 3. The second-order valence-corrected chi connectivity index (χ2v) is 7.26. The molecule has 1 aromatic heterocycles. The quantitative estimate of drug-likeness (QED) is 0.380. The highest BCUT2D eigenvalue weighted by atomic mass is 35.5. The van der Waals surface area contributed by atoms with Gasteiger partial charge in [-0.05, 0) is 47.3 Å². The van der Waals surface area contributed by atoms with Crippen molar-refractivity contribution in [2.45, 2.75) is 13.0 Å². The average molecular weight is 420 g/mol. The highest BCUT2D eigenvalue weighted by Gasteiger charge is 2.15. The maximum absolute atomic E-state index is 6.19. The molecule has 0 aliphatic heterocycles. The molecule has 0 spiro atoms. The molecule has 0 aliphatic carbocycles. The topological polar surface area (TPSA) is 56.3 Å². The number of ether oxygens (including phenoxy) is 2. The van der Waals surface area contributed by atoms with E-state index in [1.165, 1.54) is 11.1 Å². The van der Waals surface area contributed by atoms with Crippen LogP contribution in [0.5, 0.6) is 11.5 Å². The fraction of sp³-hybridized carbons (Fsp3) is 0.167. The van der Waals surface area contributed by atoms with Crippen molar-refractivity contribution in [2.75, 3.05) is 19.5 Å². The van der Waals surface area contributed by atoms with Gasteiger partial charge in [-0.3, -0.25) is 0 Å². The average Bonchev–Trinajstić information content (AvgIpc) is 2.78. The summed E-state index contributed by atoms with van der Waals surface area (Å²) in [6, 6.07) is 22.4. The Bertz CT molecular complexity index is 1180. The Morgan fingerprint density at radius 3 is 2.27 bits per heavy atom. The molecule has 4 aromatic rings. The SMILES string of the molecule is COc1cc2nc(Cl)nc(N[C@H](C)c3cccc(-c4ccccc4)c3)c2cc1OC. The van der Waals surface area contributed by atoms with Crippen LogP contribution in [0, 0.1) is 0 Å². The Labute approximate surface area is 180 Å². The number of rotatable bonds is 6. The lowest BCUT2D eigenvalue weighted by molar-refractivity contribution is 0.356. The molecule has 30 heavy (non-hydrogen) atoms. The predicted molar refractivity (Wildman–Crippen MR) is 122 cm³/mol. The molecule has 3 aromatic carbocycles. The summed E-state index contributed by atoms with van der Waals surface area (Å²) in [4.78, 5) is 8.76. The Morgan fingerprint density at radius 1 is 0.833 bits per heavy atom. The molecule has 1 atom stereocenters. The number of nitrogens with one attached hydrogen (secondary N) is 1. The molecule has 0 aliphatic rings. The second kappa shape index (κ2) is 8.59. The summed E-state index contributed by atoms with van der Waals surface area (Å²) >= 11 is 6.19. The minimum Gasteiger partial charge on any atom is -0.493 e. The largest absolute Gasteiger partial charge is 0.493 e. The second-order valence-electron chi connectivity index (χ2n) is 6.92. The van der Waals surface area contributed by atoms with E-state index < -0.39 is 0 Å². The van der Waals surface area contributed by atoms with Crippen LogP contribution in [0.25, 0.3) is 22.0 Å². The van der Waals surface area contributed by atoms with Gasteiger partial charge in [0, 0.05) is 17.5 Å². The van der Waals surface area contributed by atoms with Crippen molar-refractivity contribution >= 4 is 28.3 Å². The van der Waals surface area contributed by atoms with Gasteiger partial charge in [0.05, 0.1) is 19.7 Å². The minimum atomic E-state index is -0.00377. The van der Waals surface area contributed by atoms with Crippen molar-refractivity contribution in [3.63, 3.8) is 0 Å². The van der Waals surface area contributed by atoms with Gasteiger partial charge in [-0.25, -0.2) is 9.97 Å². The fourth-order valence-electron chi connectivity index (χ4n) is 3.44. The normalized spacial score (nSPS) is 11.9. The van der Waals surface area contributed by atoms with Crippen LogP contribution in [0.15, 0.2) is 66.7 Å². The standard InChI is InChI=1S/C24H22ClN3O2/c1-15(17-10-7-11-18(12-17)16-8-5-4-6-9-16)26-23-19-13-21(29-2)22(30-3)14-20(19)27-24(25)28-23/h4-15H,1-3H3,(H,26,27,28)/t15-/m1/s1. The number of hydrogen-bond donors (Lipinski definition) is 1. The molecule has 0 bridgehead atoms. The molecule has 0 saturated heterocycles. The summed E-state index contributed by atoms with van der Waals surface area (Å²) in [5.41, 5.74) is 4.16. The van der Waals surface area contributed by atoms with Gasteiger partial charge in [0.25, 0.3) is 0 Å². The van der Waals surface area contributed by atoms with E-state index >= 15 is 0 Å². The summed E-state index contributed by atoms with van der Waals surface area (Å²) < 4.78 is 10.8. The Balaban J connectivity index is 1.70. The molecular formula is C24H22ClN3O2. The molecule has 4 rings (SSSR count). The molecule has 1 N–H and O–H groups in total. The molecule has 0 unspecified atom stereocenters. The van der Waals surface area contributed by atoms with Crippen molar-refractivity contribution in [1.29, 1.82) is 0 Å².